The molecule has 0 aliphatic heterocycles. The molecule has 0 bridgehead atoms. The van der Waals surface area contributed by atoms with Gasteiger partial charge < -0.3 is 27.4 Å². The zero-order valence-electron chi connectivity index (χ0n) is 121. The predicted octanol–water partition coefficient (Wildman–Crippen LogP) is 34.1. The molecule has 0 spiro atoms. The fourth-order valence-corrected chi connectivity index (χ4v) is 18.9. The van der Waals surface area contributed by atoms with E-state index in [4.69, 9.17) is 49.3 Å². The molecule has 0 saturated heterocycles. The fraction of sp³-hybridized carbons (Fsp3) is 0.419. The highest BCUT2D eigenvalue weighted by Crippen LogP contribution is 2.43. The van der Waals surface area contributed by atoms with Gasteiger partial charge in [-0.05, 0) is 243 Å². The van der Waals surface area contributed by atoms with Crippen LogP contribution in [0.15, 0.2) is 218 Å². The van der Waals surface area contributed by atoms with Crippen molar-refractivity contribution in [3.63, 3.8) is 0 Å². The van der Waals surface area contributed by atoms with Gasteiger partial charge >= 0.3 is 0 Å². The maximum absolute atomic E-state index is 8.94. The van der Waals surface area contributed by atoms with Gasteiger partial charge in [-0.15, -0.1) is 0 Å². The third-order valence-corrected chi connectivity index (χ3v) is 29.4. The number of rotatable bonds is 2. The van der Waals surface area contributed by atoms with Crippen molar-refractivity contribution in [3.8, 4) is 0 Å². The first-order valence-corrected chi connectivity index (χ1v) is 52.8. The van der Waals surface area contributed by atoms with E-state index in [-0.39, 0.29) is 90.8 Å². The number of nitrogens with zero attached hydrogens (tertiary/aromatic N) is 6. The molecule has 0 radical (unpaired) electrons. The molecule has 696 valence electrons. The molecular weight excluding hydrogens is 1630 g/mol. The van der Waals surface area contributed by atoms with E-state index in [1.165, 1.54) is 65.0 Å². The summed E-state index contributed by atoms with van der Waals surface area (Å²) in [5, 5.41) is 11.7. The Hall–Kier alpha value is -10.1. The van der Waals surface area contributed by atoms with E-state index in [0.717, 1.165) is 67.3 Å². The minimum Gasteiger partial charge on any atom is -0.344 e. The van der Waals surface area contributed by atoms with Gasteiger partial charge in [0.1, 0.15) is 0 Å². The molecule has 0 atom stereocenters. The van der Waals surface area contributed by atoms with Gasteiger partial charge in [0.2, 0.25) is 0 Å². The van der Waals surface area contributed by atoms with Crippen LogP contribution in [0, 0.1) is 0 Å². The van der Waals surface area contributed by atoms with E-state index >= 15 is 0 Å². The molecule has 18 aromatic rings. The molecule has 18 rings (SSSR count). The smallest absolute Gasteiger partial charge is 0.0776 e. The summed E-state index contributed by atoms with van der Waals surface area (Å²) in [5.41, 5.74) is 3.44. The van der Waals surface area contributed by atoms with Crippen molar-refractivity contribution in [2.45, 2.75) is 301 Å². The van der Waals surface area contributed by atoms with E-state index in [0.29, 0.717) is 91.3 Å². The third kappa shape index (κ3) is 20.2. The van der Waals surface area contributed by atoms with Crippen molar-refractivity contribution in [1.82, 2.24) is 27.4 Å². The molecule has 6 nitrogen and oxygen atoms in total. The third-order valence-electron chi connectivity index (χ3n) is 25.4. The van der Waals surface area contributed by atoms with Crippen LogP contribution < -0.4 is 10.4 Å². The Morgan fingerprint density at radius 2 is 0.364 bits per heavy atom. The van der Waals surface area contributed by atoms with E-state index < -0.39 is 132 Å². The standard InChI is InChI=1S/5C21H27N.C19H27NSi2/c5*1-20(2,3)14-8-10-18-16(12-14)17-13-15(21(4,5)6)9-11-19(17)22(18)7;1-20-18-10-8-14(21(2,3)4)12-16(18)17-13-15(22(5,6)7)9-11-19(17)20/h6*8-13H,1-7H3/i1D3,2D3,4D3,8D,9D,10D,11D,12D,13D;8D,9D,10D,11D,12D,13D;8D,9D,12D,13D;1D3,2D3,4D3;8D,9D;. The van der Waals surface area contributed by atoms with Crippen LogP contribution in [-0.4, -0.2) is 43.6 Å². The Labute approximate surface area is 847 Å². The molecular formula is C124H162N6Si2. The van der Waals surface area contributed by atoms with Crippen molar-refractivity contribution in [1.29, 1.82) is 0 Å². The lowest BCUT2D eigenvalue weighted by atomic mass is 9.85. The largest absolute Gasteiger partial charge is 0.344 e. The second-order valence-electron chi connectivity index (χ2n) is 46.1. The molecule has 6 heterocycles. The van der Waals surface area contributed by atoms with E-state index in [9.17, 15) is 0 Å². The summed E-state index contributed by atoms with van der Waals surface area (Å²) in [6.45, 7) is 42.2. The summed E-state index contributed by atoms with van der Waals surface area (Å²) in [5.74, 6) is 0. The van der Waals surface area contributed by atoms with E-state index in [1.807, 2.05) is 138 Å². The van der Waals surface area contributed by atoms with Crippen molar-refractivity contribution >= 4 is 157 Å². The molecule has 0 N–H and O–H groups in total. The molecule has 0 saturated carbocycles. The van der Waals surface area contributed by atoms with Crippen LogP contribution in [-0.2, 0) is 96.4 Å². The first-order chi connectivity index (χ1) is 75.6. The average Bonchev–Trinajstić information content (AvgIpc) is 1.54. The molecule has 0 fully saturated rings. The van der Waals surface area contributed by atoms with Gasteiger partial charge in [0, 0.05) is 198 Å². The Balaban J connectivity index is 0.000000166. The van der Waals surface area contributed by atoms with Crippen molar-refractivity contribution in [2.75, 3.05) is 0 Å². The van der Waals surface area contributed by atoms with Crippen LogP contribution in [0.1, 0.15) is 312 Å². The van der Waals surface area contributed by atoms with E-state index in [2.05, 4.69) is 146 Å². The maximum atomic E-state index is 8.94. The van der Waals surface area contributed by atoms with Crippen LogP contribution >= 0.6 is 0 Å². The number of aryl methyl sites for hydroxylation is 6. The molecule has 0 unspecified atom stereocenters. The Morgan fingerprint density at radius 1 is 0.182 bits per heavy atom. The van der Waals surface area contributed by atoms with Crippen LogP contribution in [0.4, 0.5) is 0 Å². The molecule has 12 aromatic carbocycles. The number of fused-ring (bicyclic) bond motifs is 18. The summed E-state index contributed by atoms with van der Waals surface area (Å²) in [6.07, 6.45) is 0. The van der Waals surface area contributed by atoms with Crippen molar-refractivity contribution < 1.29 is 49.3 Å². The lowest BCUT2D eigenvalue weighted by Gasteiger charge is -2.19. The van der Waals surface area contributed by atoms with Gasteiger partial charge in [0.25, 0.3) is 0 Å². The van der Waals surface area contributed by atoms with Crippen LogP contribution in [0.2, 0.25) is 39.3 Å². The highest BCUT2D eigenvalue weighted by molar-refractivity contribution is 6.89. The normalized spacial score (nSPS) is 17.7. The number of aromatic nitrogens is 6. The number of hydrogen-bond acceptors (Lipinski definition) is 0. The Bertz CT molecular complexity index is 9000. The SMILES string of the molecule is Cn1c2ccc([Si](C)(C)C)cc2c2cc([Si](C)(C)C)ccc21.[2H]C([2H])([2H])C(C)(C)c1ccc2c(c1)c1cc(C(C)(C([2H])([2H])[2H])C([2H])([2H])[2H])ccc1n2C.[2H]c1c(C(C)(C)C([2H])([2H])[2H])c([2H])c2c3c([2H])c(C(C)(C([2H])([2H])[2H])C([2H])([2H])[2H])c([2H])c([2H])c3n(C)c2c1[2H].[2H]c1c(C(C)(C)C)c([2H])c2c3c([2H])c(C(C)(C)C)c([2H])c([2H])c3n(C)c2c1[2H].[2H]c1cc2c(c([2H])c1C(C)(C)C)c1c([2H])c(C(C)(C)C)c([2H])cc1n2C.[2H]c1cc2c(cc1C(C)(C)C)c1cc(C(C)(C)C)c([2H])cc1n2C. The summed E-state index contributed by atoms with van der Waals surface area (Å²) < 4.78 is 310. The molecule has 0 aliphatic rings. The molecule has 132 heavy (non-hydrogen) atoms. The van der Waals surface area contributed by atoms with Gasteiger partial charge in [-0.3, -0.25) is 0 Å². The minimum atomic E-state index is -3.22. The van der Waals surface area contributed by atoms with Gasteiger partial charge in [-0.2, -0.15) is 0 Å². The van der Waals surface area contributed by atoms with Gasteiger partial charge in [0.05, 0.1) is 40.8 Å². The molecule has 6 aromatic heterocycles. The van der Waals surface area contributed by atoms with Crippen LogP contribution in [0.3, 0.4) is 0 Å². The lowest BCUT2D eigenvalue weighted by molar-refractivity contribution is 0.590. The first kappa shape index (κ1) is 61.7. The zero-order valence-corrected chi connectivity index (χ0v) is 87.1. The zero-order chi connectivity index (χ0) is 128. The van der Waals surface area contributed by atoms with Crippen molar-refractivity contribution in [3.05, 3.63) is 274 Å². The second kappa shape index (κ2) is 34.7. The summed E-state index contributed by atoms with van der Waals surface area (Å²) in [7, 11) is 8.48. The topological polar surface area (TPSA) is 29.6 Å². The number of benzene rings is 12. The Morgan fingerprint density at radius 3 is 0.629 bits per heavy atom. The van der Waals surface area contributed by atoms with Gasteiger partial charge in [0.15, 0.2) is 0 Å². The Kier molecular flexibility index (Phi) is 16.2. The van der Waals surface area contributed by atoms with Crippen molar-refractivity contribution in [2.24, 2.45) is 42.3 Å². The average molecular weight is 1830 g/mol. The number of hydrogen-bond donors (Lipinski definition) is 0. The first-order valence-electron chi connectivity index (χ1n) is 63.8. The monoisotopic (exact) mass is 1830 g/mol. The quantitative estimate of drug-likeness (QED) is 0.154. The van der Waals surface area contributed by atoms with Gasteiger partial charge in [-0.1, -0.05) is 342 Å². The second-order valence-corrected chi connectivity index (χ2v) is 56.2. The maximum Gasteiger partial charge on any atom is 0.0776 e. The fourth-order valence-electron chi connectivity index (χ4n) is 16.6. The summed E-state index contributed by atoms with van der Waals surface area (Å²) >= 11 is 0. The highest BCUT2D eigenvalue weighted by Gasteiger charge is 2.29. The van der Waals surface area contributed by atoms with E-state index in [1.54, 1.807) is 72.2 Å². The summed E-state index contributed by atoms with van der Waals surface area (Å²) in [4.78, 5) is 0. The van der Waals surface area contributed by atoms with Crippen LogP contribution in [0.25, 0.3) is 131 Å². The summed E-state index contributed by atoms with van der Waals surface area (Å²) in [6, 6.07) is 35.7. The van der Waals surface area contributed by atoms with Crippen LogP contribution in [0.5, 0.6) is 0 Å². The van der Waals surface area contributed by atoms with Gasteiger partial charge in [-0.25, -0.2) is 0 Å². The molecule has 0 amide bonds. The lowest BCUT2D eigenvalue weighted by Crippen LogP contribution is -2.37. The molecule has 0 aliphatic carbocycles. The predicted molar refractivity (Wildman–Crippen MR) is 596 cm³/mol. The highest BCUT2D eigenvalue weighted by atomic mass is 28.3. The minimum absolute atomic E-state index is 0.00253. The molecule has 8 heteroatoms.